The van der Waals surface area contributed by atoms with Gasteiger partial charge in [0.15, 0.2) is 0 Å². The lowest BCUT2D eigenvalue weighted by Crippen LogP contribution is -2.54. The van der Waals surface area contributed by atoms with Crippen molar-refractivity contribution >= 4 is 12.1 Å². The number of piperidine rings is 1. The second-order valence-corrected chi connectivity index (χ2v) is 6.07. The summed E-state index contributed by atoms with van der Waals surface area (Å²) >= 11 is 0. The number of carboxylic acids is 1. The zero-order chi connectivity index (χ0) is 17.2. The van der Waals surface area contributed by atoms with E-state index in [0.29, 0.717) is 13.0 Å². The topological polar surface area (TPSA) is 70.1 Å². The van der Waals surface area contributed by atoms with Crippen LogP contribution in [0.3, 0.4) is 0 Å². The number of carbonyl (C=O) groups excluding carboxylic acids is 1. The SMILES string of the molecule is COC(=O)N1CC[C@H](C(=O)O)C[C@H]1CN1CCC[C@H]1C(F)(F)F. The van der Waals surface area contributed by atoms with Crippen LogP contribution in [-0.2, 0) is 9.53 Å². The maximum absolute atomic E-state index is 13.1. The number of aliphatic carboxylic acids is 1. The van der Waals surface area contributed by atoms with Gasteiger partial charge in [-0.15, -0.1) is 0 Å². The van der Waals surface area contributed by atoms with Crippen LogP contribution in [0.15, 0.2) is 0 Å². The first-order valence-corrected chi connectivity index (χ1v) is 7.62. The van der Waals surface area contributed by atoms with Crippen molar-refractivity contribution in [3.63, 3.8) is 0 Å². The van der Waals surface area contributed by atoms with Crippen molar-refractivity contribution in [3.05, 3.63) is 0 Å². The van der Waals surface area contributed by atoms with Crippen molar-refractivity contribution in [2.75, 3.05) is 26.7 Å². The number of hydrogen-bond acceptors (Lipinski definition) is 4. The largest absolute Gasteiger partial charge is 0.481 e. The van der Waals surface area contributed by atoms with Crippen molar-refractivity contribution in [3.8, 4) is 0 Å². The van der Waals surface area contributed by atoms with E-state index in [-0.39, 0.29) is 32.4 Å². The number of ether oxygens (including phenoxy) is 1. The molecule has 0 radical (unpaired) electrons. The fourth-order valence-corrected chi connectivity index (χ4v) is 3.49. The molecule has 9 heteroatoms. The van der Waals surface area contributed by atoms with Crippen LogP contribution in [0.1, 0.15) is 25.7 Å². The number of hydrogen-bond donors (Lipinski definition) is 1. The van der Waals surface area contributed by atoms with E-state index in [0.717, 1.165) is 0 Å². The molecule has 0 aromatic carbocycles. The lowest BCUT2D eigenvalue weighted by molar-refractivity contribution is -0.178. The average molecular weight is 338 g/mol. The number of carboxylic acid groups (broad SMARTS) is 1. The molecule has 0 spiro atoms. The van der Waals surface area contributed by atoms with E-state index in [9.17, 15) is 22.8 Å². The van der Waals surface area contributed by atoms with Crippen molar-refractivity contribution in [1.82, 2.24) is 9.80 Å². The van der Waals surface area contributed by atoms with E-state index in [1.807, 2.05) is 0 Å². The van der Waals surface area contributed by atoms with E-state index in [4.69, 9.17) is 5.11 Å². The summed E-state index contributed by atoms with van der Waals surface area (Å²) in [5.74, 6) is -1.62. The van der Waals surface area contributed by atoms with E-state index >= 15 is 0 Å². The normalized spacial score (nSPS) is 29.6. The number of carbonyl (C=O) groups is 2. The van der Waals surface area contributed by atoms with Crippen molar-refractivity contribution in [2.45, 2.75) is 43.9 Å². The molecule has 2 saturated heterocycles. The molecule has 2 heterocycles. The molecule has 3 atom stereocenters. The Hall–Kier alpha value is -1.51. The van der Waals surface area contributed by atoms with Crippen LogP contribution in [-0.4, -0.2) is 72.0 Å². The summed E-state index contributed by atoms with van der Waals surface area (Å²) in [7, 11) is 1.21. The first-order valence-electron chi connectivity index (χ1n) is 7.62. The molecule has 0 aromatic heterocycles. The minimum atomic E-state index is -4.31. The maximum Gasteiger partial charge on any atom is 0.409 e. The average Bonchev–Trinajstić information content (AvgIpc) is 2.94. The van der Waals surface area contributed by atoms with Crippen molar-refractivity contribution in [1.29, 1.82) is 0 Å². The zero-order valence-electron chi connectivity index (χ0n) is 12.9. The van der Waals surface area contributed by atoms with Gasteiger partial charge in [-0.3, -0.25) is 9.69 Å². The number of likely N-dealkylation sites (tertiary alicyclic amines) is 2. The van der Waals surface area contributed by atoms with Gasteiger partial charge < -0.3 is 14.7 Å². The number of rotatable bonds is 3. The van der Waals surface area contributed by atoms with Crippen LogP contribution in [0, 0.1) is 5.92 Å². The summed E-state index contributed by atoms with van der Waals surface area (Å²) in [5.41, 5.74) is 0. The van der Waals surface area contributed by atoms with Gasteiger partial charge in [0.05, 0.1) is 13.0 Å². The van der Waals surface area contributed by atoms with Gasteiger partial charge in [-0.05, 0) is 32.2 Å². The van der Waals surface area contributed by atoms with Crippen LogP contribution < -0.4 is 0 Å². The molecule has 2 fully saturated rings. The molecule has 23 heavy (non-hydrogen) atoms. The molecular weight excluding hydrogens is 317 g/mol. The number of alkyl halides is 3. The molecule has 132 valence electrons. The molecule has 0 bridgehead atoms. The van der Waals surface area contributed by atoms with Gasteiger partial charge in [-0.25, -0.2) is 4.79 Å². The van der Waals surface area contributed by atoms with Gasteiger partial charge in [-0.1, -0.05) is 0 Å². The molecule has 0 aliphatic carbocycles. The lowest BCUT2D eigenvalue weighted by atomic mass is 9.90. The van der Waals surface area contributed by atoms with Crippen LogP contribution in [0.5, 0.6) is 0 Å². The maximum atomic E-state index is 13.1. The Morgan fingerprint density at radius 3 is 2.52 bits per heavy atom. The number of halogens is 3. The Kier molecular flexibility index (Phi) is 5.38. The zero-order valence-corrected chi connectivity index (χ0v) is 12.9. The predicted molar refractivity (Wildman–Crippen MR) is 73.9 cm³/mol. The molecule has 0 aromatic rings. The number of methoxy groups -OCH3 is 1. The minimum absolute atomic E-state index is 0.0169. The third-order valence-electron chi connectivity index (χ3n) is 4.66. The third kappa shape index (κ3) is 4.07. The standard InChI is InChI=1S/C14H21F3N2O4/c1-23-13(22)19-6-4-9(12(20)21)7-10(19)8-18-5-2-3-11(18)14(15,16)17/h9-11H,2-8H2,1H3,(H,20,21)/t9-,10-,11-/m0/s1. The van der Waals surface area contributed by atoms with Gasteiger partial charge in [0.25, 0.3) is 0 Å². The van der Waals surface area contributed by atoms with Crippen molar-refractivity contribution < 1.29 is 32.6 Å². The van der Waals surface area contributed by atoms with E-state index in [1.165, 1.54) is 16.9 Å². The molecule has 0 saturated carbocycles. The molecule has 0 unspecified atom stereocenters. The second-order valence-electron chi connectivity index (χ2n) is 6.07. The fourth-order valence-electron chi connectivity index (χ4n) is 3.49. The predicted octanol–water partition coefficient (Wildman–Crippen LogP) is 1.94. The van der Waals surface area contributed by atoms with E-state index in [1.54, 1.807) is 0 Å². The molecule has 2 aliphatic heterocycles. The molecule has 2 aliphatic rings. The molecule has 1 N–H and O–H groups in total. The van der Waals surface area contributed by atoms with Gasteiger partial charge in [0.1, 0.15) is 6.04 Å². The van der Waals surface area contributed by atoms with Crippen LogP contribution in [0.25, 0.3) is 0 Å². The number of nitrogens with zero attached hydrogens (tertiary/aromatic N) is 2. The molecule has 1 amide bonds. The summed E-state index contributed by atoms with van der Waals surface area (Å²) in [6.07, 6.45) is -4.03. The minimum Gasteiger partial charge on any atom is -0.481 e. The smallest absolute Gasteiger partial charge is 0.409 e. The second kappa shape index (κ2) is 6.94. The Morgan fingerprint density at radius 2 is 1.96 bits per heavy atom. The summed E-state index contributed by atoms with van der Waals surface area (Å²) in [6.45, 7) is 0.495. The number of amides is 1. The Bertz CT molecular complexity index is 458. The Balaban J connectivity index is 2.11. The van der Waals surface area contributed by atoms with Crippen LogP contribution in [0.4, 0.5) is 18.0 Å². The third-order valence-corrected chi connectivity index (χ3v) is 4.66. The quantitative estimate of drug-likeness (QED) is 0.852. The first kappa shape index (κ1) is 17.8. The summed E-state index contributed by atoms with van der Waals surface area (Å²) < 4.78 is 43.8. The summed E-state index contributed by atoms with van der Waals surface area (Å²) in [4.78, 5) is 25.7. The van der Waals surface area contributed by atoms with E-state index < -0.39 is 36.2 Å². The first-order chi connectivity index (χ1) is 10.7. The summed E-state index contributed by atoms with van der Waals surface area (Å²) in [5, 5.41) is 9.15. The summed E-state index contributed by atoms with van der Waals surface area (Å²) in [6, 6.07) is -2.10. The van der Waals surface area contributed by atoms with Gasteiger partial charge in [-0.2, -0.15) is 13.2 Å². The molecular formula is C14H21F3N2O4. The molecule has 6 nitrogen and oxygen atoms in total. The van der Waals surface area contributed by atoms with Gasteiger partial charge in [0.2, 0.25) is 0 Å². The van der Waals surface area contributed by atoms with Crippen molar-refractivity contribution in [2.24, 2.45) is 5.92 Å². The van der Waals surface area contributed by atoms with Crippen LogP contribution in [0.2, 0.25) is 0 Å². The molecule has 2 rings (SSSR count). The lowest BCUT2D eigenvalue weighted by Gasteiger charge is -2.40. The highest BCUT2D eigenvalue weighted by molar-refractivity contribution is 5.72. The Labute approximate surface area is 132 Å². The highest BCUT2D eigenvalue weighted by Crippen LogP contribution is 2.34. The highest BCUT2D eigenvalue weighted by Gasteiger charge is 2.47. The van der Waals surface area contributed by atoms with Gasteiger partial charge >= 0.3 is 18.2 Å². The van der Waals surface area contributed by atoms with Gasteiger partial charge in [0, 0.05) is 19.1 Å². The fraction of sp³-hybridized carbons (Fsp3) is 0.857. The highest BCUT2D eigenvalue weighted by atomic mass is 19.4. The Morgan fingerprint density at radius 1 is 1.26 bits per heavy atom. The monoisotopic (exact) mass is 338 g/mol. The van der Waals surface area contributed by atoms with Crippen LogP contribution >= 0.6 is 0 Å². The van der Waals surface area contributed by atoms with E-state index in [2.05, 4.69) is 4.74 Å².